The first-order valence-electron chi connectivity index (χ1n) is 5.38. The van der Waals surface area contributed by atoms with Crippen LogP contribution in [-0.2, 0) is 0 Å². The van der Waals surface area contributed by atoms with Crippen LogP contribution >= 0.6 is 23.2 Å². The number of nitrogens with one attached hydrogen (secondary N) is 1. The first kappa shape index (κ1) is 13.5. The third-order valence-electron chi connectivity index (χ3n) is 2.42. The number of rotatable bonds is 2. The Morgan fingerprint density at radius 2 is 1.58 bits per heavy atom. The molecule has 5 N–H and O–H groups in total. The summed E-state index contributed by atoms with van der Waals surface area (Å²) < 4.78 is 0. The van der Waals surface area contributed by atoms with Gasteiger partial charge in [0.2, 0.25) is 0 Å². The molecule has 0 saturated heterocycles. The number of amides is 1. The minimum atomic E-state index is -0.322. The van der Waals surface area contributed by atoms with Crippen LogP contribution in [-0.4, -0.2) is 5.91 Å². The third-order valence-corrected chi connectivity index (χ3v) is 3.16. The van der Waals surface area contributed by atoms with Gasteiger partial charge in [-0.25, -0.2) is 0 Å². The lowest BCUT2D eigenvalue weighted by Crippen LogP contribution is -2.12. The molecule has 0 unspecified atom stereocenters. The minimum absolute atomic E-state index is 0.322. The molecular weight excluding hydrogens is 285 g/mol. The molecular formula is C13H11Cl2N3O. The maximum atomic E-state index is 12.0. The molecule has 0 radical (unpaired) electrons. The molecule has 4 nitrogen and oxygen atoms in total. The molecule has 0 aliphatic heterocycles. The van der Waals surface area contributed by atoms with Crippen LogP contribution in [0.15, 0.2) is 36.4 Å². The normalized spacial score (nSPS) is 10.2. The van der Waals surface area contributed by atoms with E-state index >= 15 is 0 Å². The van der Waals surface area contributed by atoms with Crippen molar-refractivity contribution in [3.63, 3.8) is 0 Å². The molecule has 0 aliphatic carbocycles. The fourth-order valence-corrected chi connectivity index (χ4v) is 1.88. The quantitative estimate of drug-likeness (QED) is 0.743. The number of nitrogens with two attached hydrogens (primary N) is 2. The van der Waals surface area contributed by atoms with Gasteiger partial charge in [0.25, 0.3) is 5.91 Å². The second-order valence-corrected chi connectivity index (χ2v) is 4.79. The fraction of sp³-hybridized carbons (Fsp3) is 0. The fourth-order valence-electron chi connectivity index (χ4n) is 1.58. The van der Waals surface area contributed by atoms with Gasteiger partial charge >= 0.3 is 0 Å². The molecule has 0 fully saturated rings. The van der Waals surface area contributed by atoms with Crippen LogP contribution in [0.5, 0.6) is 0 Å². The zero-order valence-corrected chi connectivity index (χ0v) is 11.3. The molecule has 0 bridgehead atoms. The molecule has 19 heavy (non-hydrogen) atoms. The van der Waals surface area contributed by atoms with Gasteiger partial charge in [0, 0.05) is 22.6 Å². The highest BCUT2D eigenvalue weighted by molar-refractivity contribution is 6.42. The van der Waals surface area contributed by atoms with E-state index in [-0.39, 0.29) is 5.91 Å². The van der Waals surface area contributed by atoms with Crippen LogP contribution < -0.4 is 16.8 Å². The van der Waals surface area contributed by atoms with Crippen molar-refractivity contribution in [2.75, 3.05) is 16.8 Å². The van der Waals surface area contributed by atoms with Crippen molar-refractivity contribution in [2.45, 2.75) is 0 Å². The topological polar surface area (TPSA) is 81.1 Å². The highest BCUT2D eigenvalue weighted by atomic mass is 35.5. The Kier molecular flexibility index (Phi) is 3.83. The summed E-state index contributed by atoms with van der Waals surface area (Å²) in [4.78, 5) is 12.0. The van der Waals surface area contributed by atoms with Crippen LogP contribution in [0.25, 0.3) is 0 Å². The maximum Gasteiger partial charge on any atom is 0.255 e. The van der Waals surface area contributed by atoms with Crippen molar-refractivity contribution < 1.29 is 4.79 Å². The minimum Gasteiger partial charge on any atom is -0.399 e. The monoisotopic (exact) mass is 295 g/mol. The summed E-state index contributed by atoms with van der Waals surface area (Å²) in [7, 11) is 0. The molecule has 6 heteroatoms. The van der Waals surface area contributed by atoms with Crippen molar-refractivity contribution in [3.8, 4) is 0 Å². The molecule has 2 rings (SSSR count). The van der Waals surface area contributed by atoms with E-state index in [0.717, 1.165) is 0 Å². The highest BCUT2D eigenvalue weighted by Gasteiger charge is 2.08. The number of halogens is 2. The van der Waals surface area contributed by atoms with Crippen LogP contribution in [0, 0.1) is 0 Å². The Bertz CT molecular complexity index is 624. The standard InChI is InChI=1S/C13H11Cl2N3O/c14-11-2-1-10(6-12(11)15)18-13(19)7-3-8(16)5-9(17)4-7/h1-6H,16-17H2,(H,18,19). The summed E-state index contributed by atoms with van der Waals surface area (Å²) in [5.74, 6) is -0.322. The molecule has 2 aromatic carbocycles. The zero-order valence-electron chi connectivity index (χ0n) is 9.78. The molecule has 1 amide bonds. The van der Waals surface area contributed by atoms with Crippen LogP contribution in [0.3, 0.4) is 0 Å². The predicted octanol–water partition coefficient (Wildman–Crippen LogP) is 3.41. The highest BCUT2D eigenvalue weighted by Crippen LogP contribution is 2.25. The maximum absolute atomic E-state index is 12.0. The van der Waals surface area contributed by atoms with Gasteiger partial charge in [0.05, 0.1) is 10.0 Å². The summed E-state index contributed by atoms with van der Waals surface area (Å²) in [5.41, 5.74) is 13.1. The number of hydrogen-bond donors (Lipinski definition) is 3. The number of benzene rings is 2. The third kappa shape index (κ3) is 3.30. The number of nitrogen functional groups attached to an aromatic ring is 2. The summed E-state index contributed by atoms with van der Waals surface area (Å²) in [6, 6.07) is 9.49. The summed E-state index contributed by atoms with van der Waals surface area (Å²) >= 11 is 11.7. The largest absolute Gasteiger partial charge is 0.399 e. The van der Waals surface area contributed by atoms with Gasteiger partial charge in [-0.3, -0.25) is 4.79 Å². The van der Waals surface area contributed by atoms with E-state index in [2.05, 4.69) is 5.32 Å². The van der Waals surface area contributed by atoms with Crippen molar-refractivity contribution in [1.82, 2.24) is 0 Å². The van der Waals surface area contributed by atoms with Gasteiger partial charge in [-0.2, -0.15) is 0 Å². The molecule has 0 aromatic heterocycles. The lowest BCUT2D eigenvalue weighted by Gasteiger charge is -2.08. The van der Waals surface area contributed by atoms with E-state index in [0.29, 0.717) is 32.7 Å². The van der Waals surface area contributed by atoms with E-state index in [1.165, 1.54) is 0 Å². The Labute approximate surface area is 120 Å². The van der Waals surface area contributed by atoms with Gasteiger partial charge in [-0.1, -0.05) is 23.2 Å². The molecule has 0 spiro atoms. The number of anilines is 3. The van der Waals surface area contributed by atoms with Crippen molar-refractivity contribution >= 4 is 46.2 Å². The smallest absolute Gasteiger partial charge is 0.255 e. The van der Waals surface area contributed by atoms with E-state index in [1.54, 1.807) is 36.4 Å². The summed E-state index contributed by atoms with van der Waals surface area (Å²) in [6.07, 6.45) is 0. The van der Waals surface area contributed by atoms with E-state index in [9.17, 15) is 4.79 Å². The number of carbonyl (C=O) groups excluding carboxylic acids is 1. The molecule has 98 valence electrons. The Morgan fingerprint density at radius 1 is 0.947 bits per heavy atom. The molecule has 0 atom stereocenters. The first-order chi connectivity index (χ1) is 8.95. The lowest BCUT2D eigenvalue weighted by molar-refractivity contribution is 0.102. The van der Waals surface area contributed by atoms with E-state index < -0.39 is 0 Å². The average Bonchev–Trinajstić information content (AvgIpc) is 2.32. The van der Waals surface area contributed by atoms with Gasteiger partial charge in [0.1, 0.15) is 0 Å². The van der Waals surface area contributed by atoms with Crippen molar-refractivity contribution in [3.05, 3.63) is 52.0 Å². The van der Waals surface area contributed by atoms with Crippen molar-refractivity contribution in [1.29, 1.82) is 0 Å². The molecule has 0 aliphatic rings. The Hall–Kier alpha value is -1.91. The second-order valence-electron chi connectivity index (χ2n) is 3.97. The predicted molar refractivity (Wildman–Crippen MR) is 79.7 cm³/mol. The first-order valence-corrected chi connectivity index (χ1v) is 6.14. The van der Waals surface area contributed by atoms with Gasteiger partial charge < -0.3 is 16.8 Å². The summed E-state index contributed by atoms with van der Waals surface area (Å²) in [5, 5.41) is 3.48. The Morgan fingerprint density at radius 3 is 2.16 bits per heavy atom. The SMILES string of the molecule is Nc1cc(N)cc(C(=O)Nc2ccc(Cl)c(Cl)c2)c1. The number of carbonyl (C=O) groups is 1. The van der Waals surface area contributed by atoms with Gasteiger partial charge in [0.15, 0.2) is 0 Å². The molecule has 0 heterocycles. The van der Waals surface area contributed by atoms with E-state index in [1.807, 2.05) is 0 Å². The molecule has 0 saturated carbocycles. The average molecular weight is 296 g/mol. The lowest BCUT2D eigenvalue weighted by atomic mass is 10.1. The zero-order chi connectivity index (χ0) is 14.0. The van der Waals surface area contributed by atoms with Crippen LogP contribution in [0.4, 0.5) is 17.1 Å². The Balaban J connectivity index is 2.22. The second kappa shape index (κ2) is 5.38. The van der Waals surface area contributed by atoms with Crippen molar-refractivity contribution in [2.24, 2.45) is 0 Å². The molecule has 2 aromatic rings. The van der Waals surface area contributed by atoms with Crippen LogP contribution in [0.2, 0.25) is 10.0 Å². The van der Waals surface area contributed by atoms with Gasteiger partial charge in [-0.05, 0) is 36.4 Å². The van der Waals surface area contributed by atoms with Crippen LogP contribution in [0.1, 0.15) is 10.4 Å². The van der Waals surface area contributed by atoms with Gasteiger partial charge in [-0.15, -0.1) is 0 Å². The number of hydrogen-bond acceptors (Lipinski definition) is 3. The summed E-state index contributed by atoms with van der Waals surface area (Å²) in [6.45, 7) is 0. The van der Waals surface area contributed by atoms with E-state index in [4.69, 9.17) is 34.7 Å².